The Morgan fingerprint density at radius 3 is 2.89 bits per heavy atom. The largest absolute Gasteiger partial charge is 0.334 e. The van der Waals surface area contributed by atoms with Crippen molar-refractivity contribution in [1.29, 1.82) is 0 Å². The first-order valence-electron chi connectivity index (χ1n) is 6.04. The van der Waals surface area contributed by atoms with Crippen molar-refractivity contribution in [2.75, 3.05) is 6.54 Å². The highest BCUT2D eigenvalue weighted by Crippen LogP contribution is 2.33. The van der Waals surface area contributed by atoms with Crippen LogP contribution in [-0.4, -0.2) is 23.4 Å². The highest BCUT2D eigenvalue weighted by atomic mass is 35.5. The molecule has 1 fully saturated rings. The third-order valence-electron chi connectivity index (χ3n) is 3.38. The number of nitrogens with zero attached hydrogens (tertiary/aromatic N) is 1. The van der Waals surface area contributed by atoms with Crippen LogP contribution in [0.15, 0.2) is 18.2 Å². The van der Waals surface area contributed by atoms with Gasteiger partial charge in [0.25, 0.3) is 0 Å². The molecule has 0 aromatic heterocycles. The highest BCUT2D eigenvalue weighted by molar-refractivity contribution is 6.30. The zero-order chi connectivity index (χ0) is 13.3. The van der Waals surface area contributed by atoms with E-state index in [1.807, 2.05) is 6.92 Å². The summed E-state index contributed by atoms with van der Waals surface area (Å²) in [7, 11) is 0. The summed E-state index contributed by atoms with van der Waals surface area (Å²) in [5, 5.41) is 0.343. The fraction of sp³-hybridized carbons (Fsp3) is 0.462. The van der Waals surface area contributed by atoms with Gasteiger partial charge in [0.15, 0.2) is 0 Å². The maximum Gasteiger partial charge on any atom is 0.223 e. The first kappa shape index (κ1) is 13.3. The fourth-order valence-electron chi connectivity index (χ4n) is 2.49. The molecule has 18 heavy (non-hydrogen) atoms. The quantitative estimate of drug-likeness (QED) is 0.897. The molecule has 0 saturated carbocycles. The van der Waals surface area contributed by atoms with Gasteiger partial charge < -0.3 is 10.6 Å². The van der Waals surface area contributed by atoms with Crippen LogP contribution in [0.5, 0.6) is 0 Å². The number of halogens is 2. The molecule has 3 nitrogen and oxygen atoms in total. The molecule has 0 bridgehead atoms. The van der Waals surface area contributed by atoms with E-state index in [0.717, 1.165) is 0 Å². The van der Waals surface area contributed by atoms with Crippen LogP contribution in [0.1, 0.15) is 31.4 Å². The van der Waals surface area contributed by atoms with Gasteiger partial charge in [-0.25, -0.2) is 4.39 Å². The van der Waals surface area contributed by atoms with Crippen LogP contribution in [0.2, 0.25) is 5.02 Å². The van der Waals surface area contributed by atoms with Gasteiger partial charge >= 0.3 is 0 Å². The van der Waals surface area contributed by atoms with Gasteiger partial charge in [0, 0.05) is 29.6 Å². The first-order valence-corrected chi connectivity index (χ1v) is 6.42. The van der Waals surface area contributed by atoms with Gasteiger partial charge in [0.1, 0.15) is 5.82 Å². The summed E-state index contributed by atoms with van der Waals surface area (Å²) < 4.78 is 14.0. The molecule has 1 amide bonds. The summed E-state index contributed by atoms with van der Waals surface area (Å²) in [5.41, 5.74) is 6.50. The topological polar surface area (TPSA) is 46.3 Å². The molecule has 1 aromatic carbocycles. The monoisotopic (exact) mass is 270 g/mol. The number of amides is 1. The summed E-state index contributed by atoms with van der Waals surface area (Å²) in [5.74, 6) is -0.380. The van der Waals surface area contributed by atoms with Gasteiger partial charge in [-0.2, -0.15) is 0 Å². The molecular weight excluding hydrogens is 255 g/mol. The molecule has 0 aliphatic carbocycles. The molecule has 1 aliphatic heterocycles. The molecule has 0 spiro atoms. The molecule has 1 aromatic rings. The number of carbonyl (C=O) groups is 1. The summed E-state index contributed by atoms with van der Waals surface area (Å²) >= 11 is 5.74. The van der Waals surface area contributed by atoms with Crippen molar-refractivity contribution < 1.29 is 9.18 Å². The highest BCUT2D eigenvalue weighted by Gasteiger charge is 2.35. The average Bonchev–Trinajstić information content (AvgIpc) is 2.33. The molecular formula is C13H16ClFN2O. The van der Waals surface area contributed by atoms with Crippen molar-refractivity contribution >= 4 is 17.5 Å². The summed E-state index contributed by atoms with van der Waals surface area (Å²) in [6.45, 7) is 2.40. The number of likely N-dealkylation sites (N-methyl/N-ethyl adjacent to an activating group) is 1. The minimum Gasteiger partial charge on any atom is -0.334 e. The van der Waals surface area contributed by atoms with E-state index < -0.39 is 11.9 Å². The van der Waals surface area contributed by atoms with Crippen molar-refractivity contribution in [1.82, 2.24) is 4.90 Å². The second kappa shape index (κ2) is 5.24. The molecule has 98 valence electrons. The van der Waals surface area contributed by atoms with E-state index in [-0.39, 0.29) is 11.9 Å². The SMILES string of the molecule is CCN1C(=O)CCC(N)C1c1ccc(Cl)cc1F. The number of hydrogen-bond donors (Lipinski definition) is 1. The predicted octanol–water partition coefficient (Wildman–Crippen LogP) is 2.49. The number of hydrogen-bond acceptors (Lipinski definition) is 2. The van der Waals surface area contributed by atoms with E-state index in [9.17, 15) is 9.18 Å². The number of likely N-dealkylation sites (tertiary alicyclic amines) is 1. The van der Waals surface area contributed by atoms with Crippen LogP contribution in [0.3, 0.4) is 0 Å². The Morgan fingerprint density at radius 1 is 1.56 bits per heavy atom. The Labute approximate surface area is 111 Å². The molecule has 5 heteroatoms. The average molecular weight is 271 g/mol. The van der Waals surface area contributed by atoms with Crippen LogP contribution in [-0.2, 0) is 4.79 Å². The van der Waals surface area contributed by atoms with Gasteiger partial charge in [-0.05, 0) is 25.5 Å². The fourth-order valence-corrected chi connectivity index (χ4v) is 2.65. The lowest BCUT2D eigenvalue weighted by Crippen LogP contribution is -2.48. The normalized spacial score (nSPS) is 24.4. The first-order chi connectivity index (χ1) is 8.54. The maximum atomic E-state index is 14.0. The van der Waals surface area contributed by atoms with E-state index >= 15 is 0 Å². The number of nitrogens with two attached hydrogens (primary N) is 1. The van der Waals surface area contributed by atoms with Gasteiger partial charge in [0.2, 0.25) is 5.91 Å². The number of carbonyl (C=O) groups excluding carboxylic acids is 1. The lowest BCUT2D eigenvalue weighted by Gasteiger charge is -2.39. The van der Waals surface area contributed by atoms with Crippen molar-refractivity contribution in [2.24, 2.45) is 5.73 Å². The molecule has 1 aliphatic rings. The van der Waals surface area contributed by atoms with Gasteiger partial charge in [-0.3, -0.25) is 4.79 Å². The molecule has 1 heterocycles. The summed E-state index contributed by atoms with van der Waals surface area (Å²) in [6.07, 6.45) is 1.02. The molecule has 0 radical (unpaired) electrons. The second-order valence-corrected chi connectivity index (χ2v) is 4.93. The maximum absolute atomic E-state index is 14.0. The van der Waals surface area contributed by atoms with Crippen molar-refractivity contribution in [3.63, 3.8) is 0 Å². The summed E-state index contributed by atoms with van der Waals surface area (Å²) in [4.78, 5) is 13.5. The zero-order valence-electron chi connectivity index (χ0n) is 10.2. The Balaban J connectivity index is 2.41. The van der Waals surface area contributed by atoms with E-state index in [0.29, 0.717) is 30.0 Å². The number of piperidine rings is 1. The Bertz CT molecular complexity index is 466. The van der Waals surface area contributed by atoms with Gasteiger partial charge in [-0.1, -0.05) is 17.7 Å². The third-order valence-corrected chi connectivity index (χ3v) is 3.61. The molecule has 2 atom stereocenters. The number of benzene rings is 1. The van der Waals surface area contributed by atoms with Crippen molar-refractivity contribution in [2.45, 2.75) is 31.8 Å². The smallest absolute Gasteiger partial charge is 0.223 e. The van der Waals surface area contributed by atoms with Crippen LogP contribution in [0, 0.1) is 5.82 Å². The van der Waals surface area contributed by atoms with Gasteiger partial charge in [-0.15, -0.1) is 0 Å². The second-order valence-electron chi connectivity index (χ2n) is 4.49. The number of rotatable bonds is 2. The van der Waals surface area contributed by atoms with Crippen molar-refractivity contribution in [3.05, 3.63) is 34.6 Å². The van der Waals surface area contributed by atoms with E-state index in [4.69, 9.17) is 17.3 Å². The molecule has 2 unspecified atom stereocenters. The molecule has 2 N–H and O–H groups in total. The lowest BCUT2D eigenvalue weighted by atomic mass is 9.90. The van der Waals surface area contributed by atoms with Crippen LogP contribution in [0.25, 0.3) is 0 Å². The minimum absolute atomic E-state index is 0.0264. The van der Waals surface area contributed by atoms with Crippen LogP contribution < -0.4 is 5.73 Å². The standard InChI is InChI=1S/C13H16ClFN2O/c1-2-17-12(18)6-5-11(16)13(17)9-4-3-8(14)7-10(9)15/h3-4,7,11,13H,2,5-6,16H2,1H3. The van der Waals surface area contributed by atoms with E-state index in [2.05, 4.69) is 0 Å². The lowest BCUT2D eigenvalue weighted by molar-refractivity contribution is -0.137. The van der Waals surface area contributed by atoms with E-state index in [1.165, 1.54) is 6.07 Å². The Kier molecular flexibility index (Phi) is 3.88. The zero-order valence-corrected chi connectivity index (χ0v) is 11.0. The molecule has 1 saturated heterocycles. The van der Waals surface area contributed by atoms with E-state index in [1.54, 1.807) is 17.0 Å². The van der Waals surface area contributed by atoms with Gasteiger partial charge in [0.05, 0.1) is 6.04 Å². The Morgan fingerprint density at radius 2 is 2.28 bits per heavy atom. The third kappa shape index (κ3) is 2.35. The minimum atomic E-state index is -0.406. The molecule has 2 rings (SSSR count). The van der Waals surface area contributed by atoms with Crippen molar-refractivity contribution in [3.8, 4) is 0 Å². The van der Waals surface area contributed by atoms with Crippen LogP contribution in [0.4, 0.5) is 4.39 Å². The Hall–Kier alpha value is -1.13. The predicted molar refractivity (Wildman–Crippen MR) is 68.7 cm³/mol. The van der Waals surface area contributed by atoms with Crippen LogP contribution >= 0.6 is 11.6 Å². The summed E-state index contributed by atoms with van der Waals surface area (Å²) in [6, 6.07) is 3.87.